The molecule has 0 bridgehead atoms. The fourth-order valence-corrected chi connectivity index (χ4v) is 3.38. The van der Waals surface area contributed by atoms with Crippen molar-refractivity contribution in [1.29, 1.82) is 0 Å². The summed E-state index contributed by atoms with van der Waals surface area (Å²) in [5.74, 6) is -0.403. The van der Waals surface area contributed by atoms with Crippen molar-refractivity contribution >= 4 is 11.9 Å². The van der Waals surface area contributed by atoms with Gasteiger partial charge in [-0.05, 0) is 18.1 Å². The van der Waals surface area contributed by atoms with Crippen molar-refractivity contribution in [2.24, 2.45) is 11.3 Å². The van der Waals surface area contributed by atoms with Crippen LogP contribution in [0.2, 0.25) is 0 Å². The van der Waals surface area contributed by atoms with Gasteiger partial charge in [-0.1, -0.05) is 51.1 Å². The highest BCUT2D eigenvalue weighted by molar-refractivity contribution is 5.84. The predicted molar refractivity (Wildman–Crippen MR) is 91.1 cm³/mol. The van der Waals surface area contributed by atoms with Gasteiger partial charge in [0.15, 0.2) is 0 Å². The number of rotatable bonds is 3. The molecule has 134 valence electrons. The smallest absolute Gasteiger partial charge is 0.346 e. The lowest BCUT2D eigenvalue weighted by atomic mass is 9.80. The third kappa shape index (κ3) is 3.21. The number of cyclic esters (lactones) is 1. The summed E-state index contributed by atoms with van der Waals surface area (Å²) >= 11 is 0. The van der Waals surface area contributed by atoms with Gasteiger partial charge in [-0.2, -0.15) is 0 Å². The molecule has 1 heterocycles. The van der Waals surface area contributed by atoms with Gasteiger partial charge in [0, 0.05) is 24.7 Å². The van der Waals surface area contributed by atoms with E-state index < -0.39 is 11.9 Å². The van der Waals surface area contributed by atoms with Crippen LogP contribution in [0.1, 0.15) is 46.1 Å². The van der Waals surface area contributed by atoms with Gasteiger partial charge in [-0.25, -0.2) is 4.79 Å². The maximum atomic E-state index is 13.0. The molecular formula is C20H24O5. The molecule has 0 N–H and O–H groups in total. The molecule has 5 heteroatoms. The number of carbonyl (C=O) groups excluding carboxylic acids is 2. The Morgan fingerprint density at radius 1 is 1.24 bits per heavy atom. The molecule has 1 aliphatic heterocycles. The van der Waals surface area contributed by atoms with E-state index in [2.05, 4.69) is 0 Å². The number of hydrogen-bond donors (Lipinski definition) is 0. The molecule has 0 radical (unpaired) electrons. The van der Waals surface area contributed by atoms with Crippen LogP contribution in [0.15, 0.2) is 42.2 Å². The van der Waals surface area contributed by atoms with Gasteiger partial charge >= 0.3 is 11.9 Å². The van der Waals surface area contributed by atoms with Gasteiger partial charge in [0.2, 0.25) is 11.9 Å². The van der Waals surface area contributed by atoms with Crippen molar-refractivity contribution in [1.82, 2.24) is 0 Å². The van der Waals surface area contributed by atoms with Gasteiger partial charge in [0.05, 0.1) is 0 Å². The number of hydrogen-bond acceptors (Lipinski definition) is 5. The number of allylic oxidation sites excluding steroid dienone is 1. The second-order valence-electron chi connectivity index (χ2n) is 7.69. The number of carbonyl (C=O) groups is 2. The molecule has 1 saturated heterocycles. The van der Waals surface area contributed by atoms with E-state index in [4.69, 9.17) is 14.2 Å². The largest absolute Gasteiger partial charge is 0.433 e. The lowest BCUT2D eigenvalue weighted by Gasteiger charge is -2.32. The molecule has 5 nitrogen and oxygen atoms in total. The van der Waals surface area contributed by atoms with Crippen LogP contribution in [-0.2, 0) is 29.4 Å². The third-order valence-electron chi connectivity index (χ3n) is 4.61. The van der Waals surface area contributed by atoms with E-state index in [-0.39, 0.29) is 23.3 Å². The Hall–Kier alpha value is -2.14. The monoisotopic (exact) mass is 344 g/mol. The zero-order valence-corrected chi connectivity index (χ0v) is 15.1. The van der Waals surface area contributed by atoms with Gasteiger partial charge in [-0.3, -0.25) is 4.79 Å². The first-order valence-corrected chi connectivity index (χ1v) is 8.57. The Bertz CT molecular complexity index is 701. The quantitative estimate of drug-likeness (QED) is 0.783. The summed E-state index contributed by atoms with van der Waals surface area (Å²) in [6.07, 6.45) is 2.45. The van der Waals surface area contributed by atoms with Gasteiger partial charge in [0.25, 0.3) is 0 Å². The summed E-state index contributed by atoms with van der Waals surface area (Å²) in [7, 11) is 0. The molecule has 0 saturated carbocycles. The molecule has 0 aromatic heterocycles. The first-order chi connectivity index (χ1) is 11.7. The van der Waals surface area contributed by atoms with Crippen molar-refractivity contribution in [3.63, 3.8) is 0 Å². The number of ether oxygens (including phenoxy) is 3. The van der Waals surface area contributed by atoms with Crippen LogP contribution in [0.25, 0.3) is 0 Å². The first kappa shape index (κ1) is 17.7. The van der Waals surface area contributed by atoms with Crippen LogP contribution >= 0.6 is 0 Å². The highest BCUT2D eigenvalue weighted by Crippen LogP contribution is 2.49. The lowest BCUT2D eigenvalue weighted by molar-refractivity contribution is -0.159. The Balaban J connectivity index is 2.02. The molecule has 1 aromatic carbocycles. The molecule has 3 atom stereocenters. The van der Waals surface area contributed by atoms with E-state index >= 15 is 0 Å². The highest BCUT2D eigenvalue weighted by atomic mass is 16.8. The summed E-state index contributed by atoms with van der Waals surface area (Å²) in [5.41, 5.74) is -0.786. The highest BCUT2D eigenvalue weighted by Gasteiger charge is 2.59. The molecule has 0 amide bonds. The van der Waals surface area contributed by atoms with Gasteiger partial charge in [0.1, 0.15) is 5.76 Å². The average molecular weight is 344 g/mol. The topological polar surface area (TPSA) is 61.8 Å². The van der Waals surface area contributed by atoms with E-state index in [1.54, 1.807) is 0 Å². The van der Waals surface area contributed by atoms with Crippen LogP contribution in [0.3, 0.4) is 0 Å². The fraction of sp³-hybridized carbons (Fsp3) is 0.500. The Morgan fingerprint density at radius 3 is 2.48 bits per heavy atom. The second kappa shape index (κ2) is 6.30. The predicted octanol–water partition coefficient (Wildman–Crippen LogP) is 3.68. The van der Waals surface area contributed by atoms with E-state index in [9.17, 15) is 9.59 Å². The van der Waals surface area contributed by atoms with Crippen LogP contribution < -0.4 is 0 Å². The first-order valence-electron chi connectivity index (χ1n) is 8.57. The number of benzene rings is 1. The van der Waals surface area contributed by atoms with Crippen LogP contribution in [0, 0.1) is 11.3 Å². The molecule has 3 rings (SSSR count). The SMILES string of the molecule is CC(=O)OC1=C[C@H]([C@]2(c3ccccc3)O[C@@H](C(C)(C)C)OC2=O)CC1. The zero-order chi connectivity index (χ0) is 18.2. The third-order valence-corrected chi connectivity index (χ3v) is 4.61. The van der Waals surface area contributed by atoms with E-state index in [0.717, 1.165) is 5.56 Å². The molecular weight excluding hydrogens is 320 g/mol. The summed E-state index contributed by atoms with van der Waals surface area (Å²) in [6, 6.07) is 9.41. The summed E-state index contributed by atoms with van der Waals surface area (Å²) < 4.78 is 17.1. The molecule has 1 aliphatic carbocycles. The van der Waals surface area contributed by atoms with Crippen LogP contribution in [-0.4, -0.2) is 18.2 Å². The molecule has 1 aromatic rings. The average Bonchev–Trinajstić information content (AvgIpc) is 3.12. The minimum Gasteiger partial charge on any atom is -0.433 e. The molecule has 1 fully saturated rings. The molecule has 25 heavy (non-hydrogen) atoms. The van der Waals surface area contributed by atoms with Crippen molar-refractivity contribution < 1.29 is 23.8 Å². The Labute approximate surface area is 148 Å². The Kier molecular flexibility index (Phi) is 4.45. The van der Waals surface area contributed by atoms with Gasteiger partial charge in [-0.15, -0.1) is 0 Å². The van der Waals surface area contributed by atoms with E-state index in [1.165, 1.54) is 6.92 Å². The molecule has 0 unspecified atom stereocenters. The van der Waals surface area contributed by atoms with Crippen molar-refractivity contribution in [2.45, 2.75) is 52.4 Å². The molecule has 0 spiro atoms. The number of esters is 2. The Morgan fingerprint density at radius 2 is 1.92 bits per heavy atom. The van der Waals surface area contributed by atoms with Crippen molar-refractivity contribution in [3.05, 3.63) is 47.7 Å². The van der Waals surface area contributed by atoms with Gasteiger partial charge < -0.3 is 14.2 Å². The minimum absolute atomic E-state index is 0.246. The maximum absolute atomic E-state index is 13.0. The fourth-order valence-electron chi connectivity index (χ4n) is 3.38. The second-order valence-corrected chi connectivity index (χ2v) is 7.69. The summed E-state index contributed by atoms with van der Waals surface area (Å²) in [6.45, 7) is 7.29. The lowest BCUT2D eigenvalue weighted by Crippen LogP contribution is -2.41. The summed E-state index contributed by atoms with van der Waals surface area (Å²) in [4.78, 5) is 24.2. The zero-order valence-electron chi connectivity index (χ0n) is 15.1. The van der Waals surface area contributed by atoms with E-state index in [0.29, 0.717) is 18.6 Å². The van der Waals surface area contributed by atoms with Crippen LogP contribution in [0.5, 0.6) is 0 Å². The van der Waals surface area contributed by atoms with Crippen LogP contribution in [0.4, 0.5) is 0 Å². The normalized spacial score (nSPS) is 29.3. The maximum Gasteiger partial charge on any atom is 0.346 e. The van der Waals surface area contributed by atoms with Crippen molar-refractivity contribution in [3.8, 4) is 0 Å². The minimum atomic E-state index is -1.21. The van der Waals surface area contributed by atoms with E-state index in [1.807, 2.05) is 57.2 Å². The van der Waals surface area contributed by atoms with Crippen molar-refractivity contribution in [2.75, 3.05) is 0 Å². The molecule has 2 aliphatic rings. The standard InChI is InChI=1S/C20H24O5/c1-13(21)23-16-11-10-15(12-16)20(14-8-6-5-7-9-14)17(22)24-18(25-20)19(2,3)4/h5-9,12,15,18H,10-11H2,1-4H3/t15-,18+,20+/m1/s1. The summed E-state index contributed by atoms with van der Waals surface area (Å²) in [5, 5.41) is 0.